The summed E-state index contributed by atoms with van der Waals surface area (Å²) in [4.78, 5) is 40.9. The van der Waals surface area contributed by atoms with Crippen molar-refractivity contribution >= 4 is 45.4 Å². The molecule has 3 amide bonds. The Morgan fingerprint density at radius 3 is 2.56 bits per heavy atom. The molecule has 12 heteroatoms. The maximum atomic E-state index is 13.5. The second-order valence-electron chi connectivity index (χ2n) is 10.2. The fraction of sp³-hybridized carbons (Fsp3) is 0.387. The molecule has 1 aliphatic heterocycles. The van der Waals surface area contributed by atoms with E-state index in [1.807, 2.05) is 55.6 Å². The summed E-state index contributed by atoms with van der Waals surface area (Å²) in [6, 6.07) is 14.7. The summed E-state index contributed by atoms with van der Waals surface area (Å²) >= 11 is 5.02. The molecule has 3 atom stereocenters. The van der Waals surface area contributed by atoms with Crippen molar-refractivity contribution in [2.75, 3.05) is 13.4 Å². The number of carbonyl (C=O) groups is 3. The number of amides is 3. The Balaban J connectivity index is 1.42. The van der Waals surface area contributed by atoms with Crippen molar-refractivity contribution < 1.29 is 33.7 Å². The Morgan fingerprint density at radius 2 is 1.86 bits per heavy atom. The van der Waals surface area contributed by atoms with E-state index in [9.17, 15) is 19.5 Å². The predicted molar refractivity (Wildman–Crippen MR) is 166 cm³/mol. The first-order valence-electron chi connectivity index (χ1n) is 14.1. The van der Waals surface area contributed by atoms with Crippen LogP contribution >= 0.6 is 27.3 Å². The first-order chi connectivity index (χ1) is 20.7. The Morgan fingerprint density at radius 1 is 1.09 bits per heavy atom. The molecule has 0 saturated carbocycles. The second kappa shape index (κ2) is 15.6. The molecule has 0 fully saturated rings. The summed E-state index contributed by atoms with van der Waals surface area (Å²) in [6.07, 6.45) is 1.46. The monoisotopic (exact) mass is 673 g/mol. The third-order valence-electron chi connectivity index (χ3n) is 7.06. The van der Waals surface area contributed by atoms with Crippen LogP contribution in [0.25, 0.3) is 0 Å². The van der Waals surface area contributed by atoms with E-state index >= 15 is 0 Å². The Labute approximate surface area is 263 Å². The summed E-state index contributed by atoms with van der Waals surface area (Å²) in [6.45, 7) is 4.40. The SMILES string of the molecule is CCCC[C@@H](COC(=O)N(Cc1ccc(Br)cc1)C(C)c1cccs1)NC(=O)N[C@@H](CC(=O)O)c1ccc2c(c1)OCO2. The van der Waals surface area contributed by atoms with Crippen LogP contribution in [0.1, 0.15) is 67.6 Å². The lowest BCUT2D eigenvalue weighted by molar-refractivity contribution is -0.137. The van der Waals surface area contributed by atoms with Crippen LogP contribution in [0, 0.1) is 0 Å². The molecule has 1 unspecified atom stereocenters. The third kappa shape index (κ3) is 9.36. The van der Waals surface area contributed by atoms with Gasteiger partial charge in [-0.2, -0.15) is 0 Å². The summed E-state index contributed by atoms with van der Waals surface area (Å²) in [5, 5.41) is 17.1. The number of hydrogen-bond donors (Lipinski definition) is 3. The van der Waals surface area contributed by atoms with Crippen molar-refractivity contribution in [2.45, 2.75) is 64.2 Å². The van der Waals surface area contributed by atoms with Gasteiger partial charge in [-0.05, 0) is 60.2 Å². The van der Waals surface area contributed by atoms with Crippen LogP contribution in [0.3, 0.4) is 0 Å². The number of thiophene rings is 1. The lowest BCUT2D eigenvalue weighted by Crippen LogP contribution is -2.46. The minimum absolute atomic E-state index is 0.0339. The van der Waals surface area contributed by atoms with Crippen LogP contribution in [0.4, 0.5) is 9.59 Å². The van der Waals surface area contributed by atoms with Crippen molar-refractivity contribution in [2.24, 2.45) is 0 Å². The molecule has 230 valence electrons. The predicted octanol–water partition coefficient (Wildman–Crippen LogP) is 7.01. The van der Waals surface area contributed by atoms with Crippen molar-refractivity contribution in [3.05, 3.63) is 80.5 Å². The normalized spacial score (nSPS) is 13.9. The maximum absolute atomic E-state index is 13.5. The second-order valence-corrected chi connectivity index (χ2v) is 12.1. The number of carbonyl (C=O) groups excluding carboxylic acids is 2. The van der Waals surface area contributed by atoms with E-state index in [0.29, 0.717) is 30.0 Å². The number of nitrogens with one attached hydrogen (secondary N) is 2. The highest BCUT2D eigenvalue weighted by molar-refractivity contribution is 9.10. The number of halogens is 1. The number of nitrogens with zero attached hydrogens (tertiary/aromatic N) is 1. The highest BCUT2D eigenvalue weighted by Gasteiger charge is 2.27. The highest BCUT2D eigenvalue weighted by atomic mass is 79.9. The number of carboxylic acid groups (broad SMARTS) is 1. The first-order valence-corrected chi connectivity index (χ1v) is 15.8. The van der Waals surface area contributed by atoms with Gasteiger partial charge in [0.2, 0.25) is 6.79 Å². The standard InChI is InChI=1S/C31H36BrN3O7S/c1-3-4-6-24(33-30(38)34-25(16-29(36)37)22-10-13-26-27(15-22)42-19-41-26)18-40-31(39)35(20(2)28-7-5-14-43-28)17-21-8-11-23(32)12-9-21/h5,7-15,20,24-25H,3-4,6,16-19H2,1-2H3,(H,36,37)(H2,33,34,38)/t20?,24-,25-/m0/s1. The van der Waals surface area contributed by atoms with Crippen molar-refractivity contribution in [1.82, 2.24) is 15.5 Å². The molecule has 0 bridgehead atoms. The van der Waals surface area contributed by atoms with Gasteiger partial charge < -0.3 is 30.0 Å². The zero-order valence-corrected chi connectivity index (χ0v) is 26.5. The molecule has 0 aliphatic carbocycles. The largest absolute Gasteiger partial charge is 0.481 e. The highest BCUT2D eigenvalue weighted by Crippen LogP contribution is 2.35. The number of carboxylic acids is 1. The molecule has 0 radical (unpaired) electrons. The van der Waals surface area contributed by atoms with E-state index in [-0.39, 0.29) is 25.9 Å². The van der Waals surface area contributed by atoms with Crippen molar-refractivity contribution in [3.8, 4) is 11.5 Å². The number of aliphatic carboxylic acids is 1. The van der Waals surface area contributed by atoms with E-state index in [2.05, 4.69) is 26.6 Å². The number of fused-ring (bicyclic) bond motifs is 1. The smallest absolute Gasteiger partial charge is 0.410 e. The zero-order chi connectivity index (χ0) is 30.8. The molecule has 3 aromatic rings. The van der Waals surface area contributed by atoms with Gasteiger partial charge in [-0.25, -0.2) is 9.59 Å². The van der Waals surface area contributed by atoms with Gasteiger partial charge in [-0.1, -0.05) is 60.0 Å². The van der Waals surface area contributed by atoms with Gasteiger partial charge in [0, 0.05) is 15.9 Å². The number of benzene rings is 2. The van der Waals surface area contributed by atoms with Gasteiger partial charge in [-0.3, -0.25) is 9.69 Å². The molecule has 0 spiro atoms. The van der Waals surface area contributed by atoms with Crippen LogP contribution < -0.4 is 20.1 Å². The molecule has 1 aliphatic rings. The Kier molecular flexibility index (Phi) is 11.7. The number of unbranched alkanes of at least 4 members (excludes halogenated alkanes) is 1. The molecule has 10 nitrogen and oxygen atoms in total. The van der Waals surface area contributed by atoms with Gasteiger partial charge in [0.15, 0.2) is 11.5 Å². The van der Waals surface area contributed by atoms with Gasteiger partial charge in [0.05, 0.1) is 24.5 Å². The van der Waals surface area contributed by atoms with E-state index in [0.717, 1.165) is 27.8 Å². The molecule has 2 aromatic carbocycles. The number of urea groups is 1. The molecule has 1 aromatic heterocycles. The molecule has 43 heavy (non-hydrogen) atoms. The number of rotatable bonds is 14. The summed E-state index contributed by atoms with van der Waals surface area (Å²) < 4.78 is 17.5. The Bertz CT molecular complexity index is 1370. The van der Waals surface area contributed by atoms with Crippen LogP contribution in [-0.2, 0) is 16.1 Å². The van der Waals surface area contributed by atoms with Gasteiger partial charge in [-0.15, -0.1) is 11.3 Å². The number of ether oxygens (including phenoxy) is 3. The van der Waals surface area contributed by atoms with Crippen LogP contribution in [0.15, 0.2) is 64.5 Å². The van der Waals surface area contributed by atoms with Gasteiger partial charge in [0.25, 0.3) is 0 Å². The van der Waals surface area contributed by atoms with E-state index in [1.165, 1.54) is 0 Å². The van der Waals surface area contributed by atoms with Gasteiger partial charge >= 0.3 is 18.1 Å². The lowest BCUT2D eigenvalue weighted by Gasteiger charge is -2.29. The van der Waals surface area contributed by atoms with Crippen LogP contribution in [-0.4, -0.2) is 47.5 Å². The average molecular weight is 675 g/mol. The van der Waals surface area contributed by atoms with Gasteiger partial charge in [0.1, 0.15) is 6.61 Å². The van der Waals surface area contributed by atoms with E-state index < -0.39 is 30.2 Å². The topological polar surface area (TPSA) is 126 Å². The molecule has 0 saturated heterocycles. The minimum Gasteiger partial charge on any atom is -0.481 e. The fourth-order valence-corrected chi connectivity index (χ4v) is 5.73. The molecular formula is C31H36BrN3O7S. The first kappa shape index (κ1) is 32.2. The van der Waals surface area contributed by atoms with Crippen LogP contribution in [0.5, 0.6) is 11.5 Å². The summed E-state index contributed by atoms with van der Waals surface area (Å²) in [7, 11) is 0. The average Bonchev–Trinajstić information content (AvgIpc) is 3.69. The maximum Gasteiger partial charge on any atom is 0.410 e. The Hall–Kier alpha value is -3.77. The van der Waals surface area contributed by atoms with Crippen LogP contribution in [0.2, 0.25) is 0 Å². The third-order valence-corrected chi connectivity index (χ3v) is 8.63. The molecule has 3 N–H and O–H groups in total. The lowest BCUT2D eigenvalue weighted by atomic mass is 10.0. The van der Waals surface area contributed by atoms with E-state index in [4.69, 9.17) is 14.2 Å². The molecule has 4 rings (SSSR count). The summed E-state index contributed by atoms with van der Waals surface area (Å²) in [5.74, 6) is -0.0104. The van der Waals surface area contributed by atoms with E-state index in [1.54, 1.807) is 34.4 Å². The molecule has 2 heterocycles. The zero-order valence-electron chi connectivity index (χ0n) is 24.1. The van der Waals surface area contributed by atoms with Crippen molar-refractivity contribution in [1.29, 1.82) is 0 Å². The number of hydrogen-bond acceptors (Lipinski definition) is 7. The van der Waals surface area contributed by atoms with Crippen molar-refractivity contribution in [3.63, 3.8) is 0 Å². The molecular weight excluding hydrogens is 638 g/mol. The minimum atomic E-state index is -1.06. The fourth-order valence-electron chi connectivity index (χ4n) is 4.67. The quantitative estimate of drug-likeness (QED) is 0.168. The summed E-state index contributed by atoms with van der Waals surface area (Å²) in [5.41, 5.74) is 1.53.